The van der Waals surface area contributed by atoms with Crippen molar-refractivity contribution >= 4 is 5.91 Å². The number of nitrogens with zero attached hydrogens (tertiary/aromatic N) is 2. The van der Waals surface area contributed by atoms with E-state index in [1.165, 1.54) is 6.42 Å². The van der Waals surface area contributed by atoms with Crippen LogP contribution in [0.4, 0.5) is 0 Å². The van der Waals surface area contributed by atoms with Crippen molar-refractivity contribution in [3.05, 3.63) is 17.0 Å². The fourth-order valence-electron chi connectivity index (χ4n) is 3.12. The third-order valence-electron chi connectivity index (χ3n) is 3.99. The van der Waals surface area contributed by atoms with Gasteiger partial charge in [0.05, 0.1) is 5.69 Å². The molecule has 0 aromatic carbocycles. The molecule has 2 unspecified atom stereocenters. The van der Waals surface area contributed by atoms with Crippen LogP contribution >= 0.6 is 0 Å². The summed E-state index contributed by atoms with van der Waals surface area (Å²) in [7, 11) is 0. The lowest BCUT2D eigenvalue weighted by molar-refractivity contribution is -0.133. The van der Waals surface area contributed by atoms with Crippen molar-refractivity contribution in [3.8, 4) is 0 Å². The van der Waals surface area contributed by atoms with Gasteiger partial charge in [0.25, 0.3) is 0 Å². The van der Waals surface area contributed by atoms with E-state index >= 15 is 0 Å². The number of amides is 1. The molecule has 2 rings (SSSR count). The number of likely N-dealkylation sites (tertiary alicyclic amines) is 1. The highest BCUT2D eigenvalue weighted by Crippen LogP contribution is 2.22. The molecular weight excluding hydrogens is 240 g/mol. The van der Waals surface area contributed by atoms with E-state index in [4.69, 9.17) is 4.52 Å². The Kier molecular flexibility index (Phi) is 4.27. The van der Waals surface area contributed by atoms with Crippen LogP contribution in [0.1, 0.15) is 43.7 Å². The molecule has 106 valence electrons. The fourth-order valence-corrected chi connectivity index (χ4v) is 3.12. The third kappa shape index (κ3) is 3.37. The summed E-state index contributed by atoms with van der Waals surface area (Å²) in [4.78, 5) is 14.3. The van der Waals surface area contributed by atoms with Crippen LogP contribution in [0, 0.1) is 25.7 Å². The molecule has 1 aromatic heterocycles. The average molecular weight is 264 g/mol. The summed E-state index contributed by atoms with van der Waals surface area (Å²) in [6, 6.07) is 0. The SMILES string of the molecule is Cc1noc(C)c1CCC(=O)N1CC(C)CC(C)C1. The van der Waals surface area contributed by atoms with E-state index in [1.54, 1.807) is 0 Å². The zero-order chi connectivity index (χ0) is 14.0. The molecule has 0 bridgehead atoms. The minimum absolute atomic E-state index is 0.262. The van der Waals surface area contributed by atoms with Gasteiger partial charge in [0, 0.05) is 25.1 Å². The molecule has 0 spiro atoms. The van der Waals surface area contributed by atoms with Crippen LogP contribution in [-0.4, -0.2) is 29.1 Å². The molecule has 0 aliphatic carbocycles. The maximum atomic E-state index is 12.3. The van der Waals surface area contributed by atoms with E-state index in [0.29, 0.717) is 18.3 Å². The Balaban J connectivity index is 1.91. The normalized spacial score (nSPS) is 23.7. The largest absolute Gasteiger partial charge is 0.361 e. The molecule has 4 heteroatoms. The first-order valence-corrected chi connectivity index (χ1v) is 7.17. The van der Waals surface area contributed by atoms with Gasteiger partial charge in [-0.2, -0.15) is 0 Å². The van der Waals surface area contributed by atoms with Crippen molar-refractivity contribution in [1.82, 2.24) is 10.1 Å². The molecular formula is C15H24N2O2. The van der Waals surface area contributed by atoms with Gasteiger partial charge in [-0.05, 0) is 38.5 Å². The second kappa shape index (κ2) is 5.76. The Bertz CT molecular complexity index is 423. The van der Waals surface area contributed by atoms with Gasteiger partial charge in [-0.15, -0.1) is 0 Å². The van der Waals surface area contributed by atoms with Crippen molar-refractivity contribution in [2.45, 2.75) is 47.0 Å². The Hall–Kier alpha value is -1.32. The van der Waals surface area contributed by atoms with E-state index in [0.717, 1.165) is 36.5 Å². The van der Waals surface area contributed by atoms with Crippen LogP contribution in [0.15, 0.2) is 4.52 Å². The summed E-state index contributed by atoms with van der Waals surface area (Å²) in [5.41, 5.74) is 2.00. The second-order valence-electron chi connectivity index (χ2n) is 6.05. The zero-order valence-corrected chi connectivity index (χ0v) is 12.4. The Labute approximate surface area is 115 Å². The molecule has 1 aliphatic heterocycles. The summed E-state index contributed by atoms with van der Waals surface area (Å²) in [6.07, 6.45) is 2.52. The molecule has 0 radical (unpaired) electrons. The van der Waals surface area contributed by atoms with Crippen LogP contribution in [0.2, 0.25) is 0 Å². The van der Waals surface area contributed by atoms with E-state index in [-0.39, 0.29) is 5.91 Å². The van der Waals surface area contributed by atoms with Crippen LogP contribution < -0.4 is 0 Å². The first-order chi connectivity index (χ1) is 8.97. The predicted molar refractivity (Wildman–Crippen MR) is 73.8 cm³/mol. The molecule has 19 heavy (non-hydrogen) atoms. The molecule has 2 atom stereocenters. The Morgan fingerprint density at radius 2 is 1.95 bits per heavy atom. The molecule has 1 amide bonds. The number of aryl methyl sites for hydroxylation is 2. The molecule has 4 nitrogen and oxygen atoms in total. The molecule has 1 saturated heterocycles. The zero-order valence-electron chi connectivity index (χ0n) is 12.4. The first kappa shape index (κ1) is 14.1. The quantitative estimate of drug-likeness (QED) is 0.843. The van der Waals surface area contributed by atoms with Crippen LogP contribution in [0.25, 0.3) is 0 Å². The second-order valence-corrected chi connectivity index (χ2v) is 6.05. The fraction of sp³-hybridized carbons (Fsp3) is 0.733. The van der Waals surface area contributed by atoms with Crippen LogP contribution in [0.3, 0.4) is 0 Å². The number of carbonyl (C=O) groups is 1. The van der Waals surface area contributed by atoms with Crippen molar-refractivity contribution in [2.75, 3.05) is 13.1 Å². The van der Waals surface area contributed by atoms with Crippen LogP contribution in [0.5, 0.6) is 0 Å². The summed E-state index contributed by atoms with van der Waals surface area (Å²) < 4.78 is 5.13. The molecule has 2 heterocycles. The van der Waals surface area contributed by atoms with Gasteiger partial charge in [-0.25, -0.2) is 0 Å². The lowest BCUT2D eigenvalue weighted by Crippen LogP contribution is -2.42. The first-order valence-electron chi connectivity index (χ1n) is 7.17. The standard InChI is InChI=1S/C15H24N2O2/c1-10-7-11(2)9-17(8-10)15(18)6-5-14-12(3)16-19-13(14)4/h10-11H,5-9H2,1-4H3. The summed E-state index contributed by atoms with van der Waals surface area (Å²) >= 11 is 0. The lowest BCUT2D eigenvalue weighted by atomic mass is 9.91. The summed E-state index contributed by atoms with van der Waals surface area (Å²) in [6.45, 7) is 10.1. The van der Waals surface area contributed by atoms with E-state index in [2.05, 4.69) is 19.0 Å². The monoisotopic (exact) mass is 264 g/mol. The van der Waals surface area contributed by atoms with E-state index < -0.39 is 0 Å². The minimum atomic E-state index is 0.262. The number of piperidine rings is 1. The van der Waals surface area contributed by atoms with Crippen molar-refractivity contribution in [1.29, 1.82) is 0 Å². The Morgan fingerprint density at radius 3 is 2.47 bits per heavy atom. The van der Waals surface area contributed by atoms with Gasteiger partial charge < -0.3 is 9.42 Å². The van der Waals surface area contributed by atoms with E-state index in [1.807, 2.05) is 18.7 Å². The van der Waals surface area contributed by atoms with Gasteiger partial charge in [0.1, 0.15) is 5.76 Å². The number of aromatic nitrogens is 1. The smallest absolute Gasteiger partial charge is 0.222 e. The number of hydrogen-bond donors (Lipinski definition) is 0. The predicted octanol–water partition coefficient (Wildman–Crippen LogP) is 2.73. The molecule has 0 N–H and O–H groups in total. The topological polar surface area (TPSA) is 46.3 Å². The molecule has 1 aliphatic rings. The highest BCUT2D eigenvalue weighted by atomic mass is 16.5. The van der Waals surface area contributed by atoms with Crippen LogP contribution in [-0.2, 0) is 11.2 Å². The molecule has 0 saturated carbocycles. The van der Waals surface area contributed by atoms with Crippen molar-refractivity contribution < 1.29 is 9.32 Å². The van der Waals surface area contributed by atoms with Gasteiger partial charge >= 0.3 is 0 Å². The molecule has 1 aromatic rings. The summed E-state index contributed by atoms with van der Waals surface area (Å²) in [5.74, 6) is 2.34. The highest BCUT2D eigenvalue weighted by molar-refractivity contribution is 5.76. The van der Waals surface area contributed by atoms with Gasteiger partial charge in [0.2, 0.25) is 5.91 Å². The number of rotatable bonds is 3. The number of carbonyl (C=O) groups excluding carboxylic acids is 1. The third-order valence-corrected chi connectivity index (χ3v) is 3.99. The van der Waals surface area contributed by atoms with E-state index in [9.17, 15) is 4.79 Å². The van der Waals surface area contributed by atoms with Gasteiger partial charge in [-0.3, -0.25) is 4.79 Å². The highest BCUT2D eigenvalue weighted by Gasteiger charge is 2.25. The lowest BCUT2D eigenvalue weighted by Gasteiger charge is -2.35. The minimum Gasteiger partial charge on any atom is -0.361 e. The molecule has 1 fully saturated rings. The maximum Gasteiger partial charge on any atom is 0.222 e. The summed E-state index contributed by atoms with van der Waals surface area (Å²) in [5, 5.41) is 3.93. The Morgan fingerprint density at radius 1 is 1.32 bits per heavy atom. The van der Waals surface area contributed by atoms with Gasteiger partial charge in [-0.1, -0.05) is 19.0 Å². The maximum absolute atomic E-state index is 12.3. The number of hydrogen-bond acceptors (Lipinski definition) is 3. The van der Waals surface area contributed by atoms with Crippen molar-refractivity contribution in [3.63, 3.8) is 0 Å². The average Bonchev–Trinajstić information content (AvgIpc) is 2.65. The van der Waals surface area contributed by atoms with Crippen molar-refractivity contribution in [2.24, 2.45) is 11.8 Å². The van der Waals surface area contributed by atoms with Gasteiger partial charge in [0.15, 0.2) is 0 Å².